The zero-order valence-corrected chi connectivity index (χ0v) is 9.73. The van der Waals surface area contributed by atoms with Gasteiger partial charge in [-0.1, -0.05) is 0 Å². The minimum Gasteiger partial charge on any atom is -0.376 e. The van der Waals surface area contributed by atoms with Gasteiger partial charge in [-0.15, -0.1) is 0 Å². The number of anilines is 2. The second kappa shape index (κ2) is 5.12. The van der Waals surface area contributed by atoms with Crippen molar-refractivity contribution in [3.63, 3.8) is 0 Å². The lowest BCUT2D eigenvalue weighted by Gasteiger charge is -2.16. The zero-order valence-electron chi connectivity index (χ0n) is 9.73. The summed E-state index contributed by atoms with van der Waals surface area (Å²) in [6, 6.07) is 2.23. The van der Waals surface area contributed by atoms with Gasteiger partial charge in [0.05, 0.1) is 12.1 Å². The molecule has 88 valence electrons. The van der Waals surface area contributed by atoms with Gasteiger partial charge in [-0.05, 0) is 26.3 Å². The first-order valence-electron chi connectivity index (χ1n) is 5.74. The Morgan fingerprint density at radius 3 is 3.12 bits per heavy atom. The van der Waals surface area contributed by atoms with Gasteiger partial charge in [0.2, 0.25) is 5.95 Å². The third-order valence-corrected chi connectivity index (χ3v) is 2.70. The Hall–Kier alpha value is -1.36. The Morgan fingerprint density at radius 2 is 2.44 bits per heavy atom. The Morgan fingerprint density at radius 1 is 1.56 bits per heavy atom. The number of hydrogen-bond donors (Lipinski definition) is 2. The second-order valence-corrected chi connectivity index (χ2v) is 3.91. The molecule has 16 heavy (non-hydrogen) atoms. The third kappa shape index (κ3) is 2.61. The van der Waals surface area contributed by atoms with Crippen LogP contribution in [0.15, 0.2) is 12.3 Å². The Balaban J connectivity index is 2.00. The summed E-state index contributed by atoms with van der Waals surface area (Å²) in [6.07, 6.45) is 3.03. The summed E-state index contributed by atoms with van der Waals surface area (Å²) in [5, 5.41) is 6.46. The van der Waals surface area contributed by atoms with Crippen molar-refractivity contribution < 1.29 is 4.74 Å². The summed E-state index contributed by atoms with van der Waals surface area (Å²) in [4.78, 5) is 8.50. The third-order valence-electron chi connectivity index (χ3n) is 2.70. The quantitative estimate of drug-likeness (QED) is 0.808. The van der Waals surface area contributed by atoms with E-state index in [1.807, 2.05) is 13.0 Å². The van der Waals surface area contributed by atoms with E-state index in [1.54, 1.807) is 6.20 Å². The number of hydrogen-bond acceptors (Lipinski definition) is 5. The molecule has 1 aromatic rings. The maximum atomic E-state index is 5.49. The van der Waals surface area contributed by atoms with Crippen LogP contribution in [0.2, 0.25) is 0 Å². The molecule has 0 spiro atoms. The molecule has 0 radical (unpaired) electrons. The van der Waals surface area contributed by atoms with Crippen LogP contribution in [-0.2, 0) is 4.74 Å². The molecule has 2 unspecified atom stereocenters. The predicted octanol–water partition coefficient (Wildman–Crippen LogP) is 1.50. The summed E-state index contributed by atoms with van der Waals surface area (Å²) in [7, 11) is 0. The van der Waals surface area contributed by atoms with Crippen LogP contribution in [0.4, 0.5) is 11.8 Å². The smallest absolute Gasteiger partial charge is 0.224 e. The van der Waals surface area contributed by atoms with Crippen LogP contribution < -0.4 is 10.6 Å². The number of nitrogens with one attached hydrogen (secondary N) is 2. The Labute approximate surface area is 95.6 Å². The first kappa shape index (κ1) is 11.1. The normalized spacial score (nSPS) is 24.4. The molecule has 0 aliphatic carbocycles. The molecule has 0 amide bonds. The van der Waals surface area contributed by atoms with Crippen molar-refractivity contribution >= 4 is 11.8 Å². The van der Waals surface area contributed by atoms with Gasteiger partial charge in [0.15, 0.2) is 0 Å². The summed E-state index contributed by atoms with van der Waals surface area (Å²) in [5.41, 5.74) is 0. The number of aromatic nitrogens is 2. The molecule has 1 fully saturated rings. The molecule has 1 aromatic heterocycles. The summed E-state index contributed by atoms with van der Waals surface area (Å²) < 4.78 is 5.49. The highest BCUT2D eigenvalue weighted by molar-refractivity contribution is 5.40. The SMILES string of the molecule is CCNc1nccc(NC2CCOC2C)n1. The van der Waals surface area contributed by atoms with Crippen molar-refractivity contribution in [2.45, 2.75) is 32.4 Å². The molecule has 0 saturated carbocycles. The molecular weight excluding hydrogens is 204 g/mol. The van der Waals surface area contributed by atoms with Gasteiger partial charge in [-0.25, -0.2) is 4.98 Å². The van der Waals surface area contributed by atoms with Crippen LogP contribution in [0.5, 0.6) is 0 Å². The minimum absolute atomic E-state index is 0.248. The Kier molecular flexibility index (Phi) is 3.56. The molecule has 5 heteroatoms. The number of ether oxygens (including phenoxy) is 1. The molecule has 1 saturated heterocycles. The van der Waals surface area contributed by atoms with Crippen molar-refractivity contribution in [2.75, 3.05) is 23.8 Å². The fraction of sp³-hybridized carbons (Fsp3) is 0.636. The highest BCUT2D eigenvalue weighted by Gasteiger charge is 2.24. The molecule has 1 aliphatic heterocycles. The molecule has 2 N–H and O–H groups in total. The zero-order chi connectivity index (χ0) is 11.4. The highest BCUT2D eigenvalue weighted by Crippen LogP contribution is 2.17. The van der Waals surface area contributed by atoms with E-state index in [2.05, 4.69) is 27.5 Å². The number of rotatable bonds is 4. The monoisotopic (exact) mass is 222 g/mol. The van der Waals surface area contributed by atoms with E-state index in [0.717, 1.165) is 25.4 Å². The predicted molar refractivity (Wildman–Crippen MR) is 63.6 cm³/mol. The van der Waals surface area contributed by atoms with E-state index >= 15 is 0 Å². The van der Waals surface area contributed by atoms with Crippen molar-refractivity contribution in [3.05, 3.63) is 12.3 Å². The van der Waals surface area contributed by atoms with Crippen LogP contribution in [0, 0.1) is 0 Å². The van der Waals surface area contributed by atoms with Gasteiger partial charge < -0.3 is 15.4 Å². The lowest BCUT2D eigenvalue weighted by molar-refractivity contribution is 0.121. The molecule has 2 rings (SSSR count). The summed E-state index contributed by atoms with van der Waals surface area (Å²) in [5.74, 6) is 1.52. The van der Waals surface area contributed by atoms with Crippen LogP contribution in [-0.4, -0.2) is 35.3 Å². The van der Waals surface area contributed by atoms with Crippen LogP contribution in [0.1, 0.15) is 20.3 Å². The van der Waals surface area contributed by atoms with Gasteiger partial charge >= 0.3 is 0 Å². The second-order valence-electron chi connectivity index (χ2n) is 3.91. The summed E-state index contributed by atoms with van der Waals surface area (Å²) >= 11 is 0. The standard InChI is InChI=1S/C11H18N4O/c1-3-12-11-13-6-4-10(15-11)14-9-5-7-16-8(9)2/h4,6,8-9H,3,5,7H2,1-2H3,(H2,12,13,14,15). The van der Waals surface area contributed by atoms with Crippen molar-refractivity contribution in [1.29, 1.82) is 0 Å². The molecule has 0 aromatic carbocycles. The van der Waals surface area contributed by atoms with Gasteiger partial charge in [0, 0.05) is 19.3 Å². The van der Waals surface area contributed by atoms with E-state index in [1.165, 1.54) is 0 Å². The highest BCUT2D eigenvalue weighted by atomic mass is 16.5. The molecule has 0 bridgehead atoms. The molecule has 5 nitrogen and oxygen atoms in total. The first-order valence-corrected chi connectivity index (χ1v) is 5.74. The minimum atomic E-state index is 0.248. The van der Waals surface area contributed by atoms with Gasteiger partial charge in [0.1, 0.15) is 5.82 Å². The average molecular weight is 222 g/mol. The fourth-order valence-corrected chi connectivity index (χ4v) is 1.79. The maximum absolute atomic E-state index is 5.49. The van der Waals surface area contributed by atoms with Crippen molar-refractivity contribution in [1.82, 2.24) is 9.97 Å². The topological polar surface area (TPSA) is 59.1 Å². The maximum Gasteiger partial charge on any atom is 0.224 e. The van der Waals surface area contributed by atoms with E-state index in [-0.39, 0.29) is 6.10 Å². The van der Waals surface area contributed by atoms with Crippen LogP contribution >= 0.6 is 0 Å². The van der Waals surface area contributed by atoms with E-state index in [4.69, 9.17) is 4.74 Å². The molecule has 1 aliphatic rings. The average Bonchev–Trinajstić information content (AvgIpc) is 2.66. The first-order chi connectivity index (χ1) is 7.79. The number of nitrogens with zero attached hydrogens (tertiary/aromatic N) is 2. The van der Waals surface area contributed by atoms with Crippen LogP contribution in [0.25, 0.3) is 0 Å². The van der Waals surface area contributed by atoms with E-state index < -0.39 is 0 Å². The molecule has 2 heterocycles. The molecular formula is C11H18N4O. The fourth-order valence-electron chi connectivity index (χ4n) is 1.79. The van der Waals surface area contributed by atoms with Crippen molar-refractivity contribution in [3.8, 4) is 0 Å². The van der Waals surface area contributed by atoms with E-state index in [9.17, 15) is 0 Å². The van der Waals surface area contributed by atoms with Gasteiger partial charge in [-0.3, -0.25) is 0 Å². The van der Waals surface area contributed by atoms with E-state index in [0.29, 0.717) is 12.0 Å². The Bertz CT molecular complexity index is 345. The lowest BCUT2D eigenvalue weighted by atomic mass is 10.1. The van der Waals surface area contributed by atoms with Crippen molar-refractivity contribution in [2.24, 2.45) is 0 Å². The largest absolute Gasteiger partial charge is 0.376 e. The molecule has 2 atom stereocenters. The van der Waals surface area contributed by atoms with Gasteiger partial charge in [-0.2, -0.15) is 4.98 Å². The van der Waals surface area contributed by atoms with Gasteiger partial charge in [0.25, 0.3) is 0 Å². The van der Waals surface area contributed by atoms with Crippen LogP contribution in [0.3, 0.4) is 0 Å². The lowest BCUT2D eigenvalue weighted by Crippen LogP contribution is -2.27. The summed E-state index contributed by atoms with van der Waals surface area (Å²) in [6.45, 7) is 5.75.